The topological polar surface area (TPSA) is 101 Å². The smallest absolute Gasteiger partial charge is 0.257 e. The molecule has 2 amide bonds. The Balaban J connectivity index is 1.51. The third-order valence-electron chi connectivity index (χ3n) is 4.65. The summed E-state index contributed by atoms with van der Waals surface area (Å²) >= 11 is 1.33. The summed E-state index contributed by atoms with van der Waals surface area (Å²) in [6, 6.07) is 11.7. The van der Waals surface area contributed by atoms with Crippen LogP contribution in [0.5, 0.6) is 17.2 Å². The molecule has 0 atom stereocenters. The van der Waals surface area contributed by atoms with E-state index in [1.165, 1.54) is 11.3 Å². The fourth-order valence-corrected chi connectivity index (χ4v) is 3.69. The van der Waals surface area contributed by atoms with Crippen LogP contribution in [0.25, 0.3) is 0 Å². The van der Waals surface area contributed by atoms with Crippen LogP contribution in [-0.4, -0.2) is 52.1 Å². The Hall–Kier alpha value is -3.43. The monoisotopic (exact) mass is 453 g/mol. The summed E-state index contributed by atoms with van der Waals surface area (Å²) in [5.74, 6) is 0.993. The van der Waals surface area contributed by atoms with Gasteiger partial charge in [0.15, 0.2) is 5.13 Å². The van der Waals surface area contributed by atoms with Gasteiger partial charge in [-0.3, -0.25) is 14.9 Å². The van der Waals surface area contributed by atoms with Gasteiger partial charge in [0.25, 0.3) is 11.8 Å². The molecule has 1 saturated heterocycles. The first kappa shape index (κ1) is 21.8. The highest BCUT2D eigenvalue weighted by Gasteiger charge is 2.29. The average molecular weight is 454 g/mol. The molecule has 2 aromatic carbocycles. The van der Waals surface area contributed by atoms with Crippen molar-refractivity contribution in [3.05, 3.63) is 65.2 Å². The van der Waals surface area contributed by atoms with E-state index in [1.807, 2.05) is 13.8 Å². The van der Waals surface area contributed by atoms with Crippen LogP contribution in [0.15, 0.2) is 54.0 Å². The minimum atomic E-state index is -0.441. The molecule has 1 fully saturated rings. The molecule has 0 unspecified atom stereocenters. The van der Waals surface area contributed by atoms with Gasteiger partial charge in [0.1, 0.15) is 17.2 Å². The number of ether oxygens (including phenoxy) is 2. The molecule has 3 aromatic rings. The lowest BCUT2D eigenvalue weighted by Gasteiger charge is -2.35. The van der Waals surface area contributed by atoms with Crippen molar-refractivity contribution in [3.8, 4) is 17.2 Å². The molecule has 0 bridgehead atoms. The second-order valence-corrected chi connectivity index (χ2v) is 8.54. The van der Waals surface area contributed by atoms with Crippen LogP contribution in [0, 0.1) is 0 Å². The maximum Gasteiger partial charge on any atom is 0.257 e. The van der Waals surface area contributed by atoms with E-state index in [0.717, 1.165) is 0 Å². The van der Waals surface area contributed by atoms with Crippen molar-refractivity contribution >= 4 is 28.3 Å². The van der Waals surface area contributed by atoms with Crippen LogP contribution in [-0.2, 0) is 0 Å². The summed E-state index contributed by atoms with van der Waals surface area (Å²) in [4.78, 5) is 30.7. The van der Waals surface area contributed by atoms with Crippen molar-refractivity contribution in [2.24, 2.45) is 0 Å². The van der Waals surface area contributed by atoms with Crippen LogP contribution in [0.3, 0.4) is 0 Å². The Morgan fingerprint density at radius 2 is 1.81 bits per heavy atom. The number of benzene rings is 2. The summed E-state index contributed by atoms with van der Waals surface area (Å²) in [6.45, 7) is 4.50. The third-order valence-corrected chi connectivity index (χ3v) is 5.34. The van der Waals surface area contributed by atoms with Gasteiger partial charge in [0.2, 0.25) is 0 Å². The minimum absolute atomic E-state index is 0.0783. The van der Waals surface area contributed by atoms with Gasteiger partial charge in [-0.1, -0.05) is 0 Å². The number of nitrogens with zero attached hydrogens (tertiary/aromatic N) is 2. The molecule has 166 valence electrons. The van der Waals surface area contributed by atoms with E-state index in [0.29, 0.717) is 46.6 Å². The first-order valence-electron chi connectivity index (χ1n) is 10.2. The van der Waals surface area contributed by atoms with Crippen LogP contribution in [0.1, 0.15) is 34.6 Å². The standard InChI is InChI=1S/C23H23N3O5S/c1-14(2)30-19-9-16(21(28)25-23-24-7-8-32-23)10-20(11-19)31-18-5-3-15(4-6-18)22(29)26-12-17(27)13-26/h3-11,14,17,27H,12-13H2,1-2H3,(H,24,25,28). The Bertz CT molecular complexity index is 1090. The zero-order valence-electron chi connectivity index (χ0n) is 17.6. The molecule has 2 heterocycles. The summed E-state index contributed by atoms with van der Waals surface area (Å²) in [5.41, 5.74) is 0.890. The van der Waals surface area contributed by atoms with Crippen molar-refractivity contribution in [1.29, 1.82) is 0 Å². The van der Waals surface area contributed by atoms with Gasteiger partial charge >= 0.3 is 0 Å². The second-order valence-electron chi connectivity index (χ2n) is 7.64. The van der Waals surface area contributed by atoms with Crippen molar-refractivity contribution in [3.63, 3.8) is 0 Å². The number of likely N-dealkylation sites (tertiary alicyclic amines) is 1. The highest BCUT2D eigenvalue weighted by molar-refractivity contribution is 7.13. The molecule has 0 spiro atoms. The molecule has 4 rings (SSSR count). The van der Waals surface area contributed by atoms with Gasteiger partial charge in [-0.15, -0.1) is 11.3 Å². The van der Waals surface area contributed by atoms with Gasteiger partial charge in [-0.2, -0.15) is 0 Å². The fraction of sp³-hybridized carbons (Fsp3) is 0.261. The molecule has 0 radical (unpaired) electrons. The Morgan fingerprint density at radius 1 is 1.09 bits per heavy atom. The average Bonchev–Trinajstić information content (AvgIpc) is 3.24. The lowest BCUT2D eigenvalue weighted by atomic mass is 10.1. The maximum absolute atomic E-state index is 12.7. The largest absolute Gasteiger partial charge is 0.491 e. The van der Waals surface area contributed by atoms with E-state index in [2.05, 4.69) is 10.3 Å². The number of thiazole rings is 1. The highest BCUT2D eigenvalue weighted by Crippen LogP contribution is 2.29. The number of hydrogen-bond acceptors (Lipinski definition) is 7. The van der Waals surface area contributed by atoms with Crippen LogP contribution in [0.2, 0.25) is 0 Å². The molecule has 0 saturated carbocycles. The molecular weight excluding hydrogens is 430 g/mol. The molecule has 1 aromatic heterocycles. The number of aromatic nitrogens is 1. The lowest BCUT2D eigenvalue weighted by molar-refractivity contribution is 0.00589. The van der Waals surface area contributed by atoms with E-state index in [-0.39, 0.29) is 17.9 Å². The van der Waals surface area contributed by atoms with E-state index >= 15 is 0 Å². The lowest BCUT2D eigenvalue weighted by Crippen LogP contribution is -2.53. The molecule has 8 nitrogen and oxygen atoms in total. The predicted octanol–water partition coefficient (Wildman–Crippen LogP) is 3.79. The second kappa shape index (κ2) is 9.37. The quantitative estimate of drug-likeness (QED) is 0.565. The number of β-amino-alcohol motifs (C(OH)–C–C–N with tert-alkyl or cyclic N) is 1. The minimum Gasteiger partial charge on any atom is -0.491 e. The third kappa shape index (κ3) is 5.24. The summed E-state index contributed by atoms with van der Waals surface area (Å²) in [7, 11) is 0. The zero-order chi connectivity index (χ0) is 22.7. The Morgan fingerprint density at radius 3 is 2.44 bits per heavy atom. The normalized spacial score (nSPS) is 13.6. The van der Waals surface area contributed by atoms with Crippen molar-refractivity contribution in [1.82, 2.24) is 9.88 Å². The van der Waals surface area contributed by atoms with Gasteiger partial charge < -0.3 is 19.5 Å². The van der Waals surface area contributed by atoms with Gasteiger partial charge in [-0.25, -0.2) is 4.98 Å². The van der Waals surface area contributed by atoms with Gasteiger partial charge in [0.05, 0.1) is 12.2 Å². The van der Waals surface area contributed by atoms with Crippen LogP contribution in [0.4, 0.5) is 5.13 Å². The number of hydrogen-bond donors (Lipinski definition) is 2. The van der Waals surface area contributed by atoms with Gasteiger partial charge in [-0.05, 0) is 50.2 Å². The molecular formula is C23H23N3O5S. The van der Waals surface area contributed by atoms with E-state index in [9.17, 15) is 14.7 Å². The summed E-state index contributed by atoms with van der Waals surface area (Å²) in [5, 5.41) is 14.4. The predicted molar refractivity (Wildman–Crippen MR) is 121 cm³/mol. The number of aliphatic hydroxyl groups is 1. The van der Waals surface area contributed by atoms with Crippen LogP contribution >= 0.6 is 11.3 Å². The van der Waals surface area contributed by atoms with E-state index in [4.69, 9.17) is 9.47 Å². The number of amides is 2. The molecule has 2 N–H and O–H groups in total. The van der Waals surface area contributed by atoms with Crippen molar-refractivity contribution in [2.45, 2.75) is 26.1 Å². The summed E-state index contributed by atoms with van der Waals surface area (Å²) < 4.78 is 11.7. The first-order valence-corrected chi connectivity index (χ1v) is 11.0. The van der Waals surface area contributed by atoms with Gasteiger partial charge in [0, 0.05) is 41.9 Å². The highest BCUT2D eigenvalue weighted by atomic mass is 32.1. The zero-order valence-corrected chi connectivity index (χ0v) is 18.5. The number of anilines is 1. The Kier molecular flexibility index (Phi) is 6.38. The number of rotatable bonds is 7. The number of carbonyl (C=O) groups is 2. The van der Waals surface area contributed by atoms with Crippen molar-refractivity contribution in [2.75, 3.05) is 18.4 Å². The number of aliphatic hydroxyl groups excluding tert-OH is 1. The van der Waals surface area contributed by atoms with Crippen molar-refractivity contribution < 1.29 is 24.2 Å². The van der Waals surface area contributed by atoms with E-state index in [1.54, 1.807) is 58.9 Å². The maximum atomic E-state index is 12.7. The molecule has 9 heteroatoms. The van der Waals surface area contributed by atoms with Crippen LogP contribution < -0.4 is 14.8 Å². The molecule has 1 aliphatic rings. The number of nitrogens with one attached hydrogen (secondary N) is 1. The van der Waals surface area contributed by atoms with E-state index < -0.39 is 6.10 Å². The molecule has 1 aliphatic heterocycles. The molecule has 32 heavy (non-hydrogen) atoms. The molecule has 0 aliphatic carbocycles. The Labute approximate surface area is 189 Å². The first-order chi connectivity index (χ1) is 15.4. The fourth-order valence-electron chi connectivity index (χ4n) is 3.16. The summed E-state index contributed by atoms with van der Waals surface area (Å²) in [6.07, 6.45) is 1.10. The number of carbonyl (C=O) groups excluding carboxylic acids is 2. The SMILES string of the molecule is CC(C)Oc1cc(Oc2ccc(C(=O)N3CC(O)C3)cc2)cc(C(=O)Nc2nccs2)c1.